The zero-order valence-electron chi connectivity index (χ0n) is 9.31. The third kappa shape index (κ3) is 2.19. The lowest BCUT2D eigenvalue weighted by molar-refractivity contribution is -0.128. The minimum absolute atomic E-state index is 0.236. The molecule has 1 aliphatic rings. The normalized spacial score (nSPS) is 18.6. The Labute approximate surface area is 94.5 Å². The zero-order valence-corrected chi connectivity index (χ0v) is 9.31. The first-order chi connectivity index (χ1) is 7.58. The van der Waals surface area contributed by atoms with Gasteiger partial charge in [0.1, 0.15) is 0 Å². The summed E-state index contributed by atoms with van der Waals surface area (Å²) in [6, 6.07) is 9.80. The molecule has 3 nitrogen and oxygen atoms in total. The lowest BCUT2D eigenvalue weighted by atomic mass is 10.1. The number of hydrogen-bond acceptors (Lipinski definition) is 2. The molecule has 1 aromatic carbocycles. The summed E-state index contributed by atoms with van der Waals surface area (Å²) < 4.78 is 5.40. The van der Waals surface area contributed by atoms with Crippen molar-refractivity contribution in [1.82, 2.24) is 0 Å². The summed E-state index contributed by atoms with van der Waals surface area (Å²) in [6.07, 6.45) is 3.58. The van der Waals surface area contributed by atoms with E-state index in [0.717, 1.165) is 5.56 Å². The average Bonchev–Trinajstić information content (AvgIpc) is 2.52. The van der Waals surface area contributed by atoms with Crippen molar-refractivity contribution in [3.8, 4) is 0 Å². The van der Waals surface area contributed by atoms with E-state index < -0.39 is 5.60 Å². The number of aliphatic imine (C=N–C) groups is 1. The Morgan fingerprint density at radius 2 is 1.88 bits per heavy atom. The second-order valence-corrected chi connectivity index (χ2v) is 4.11. The minimum Gasteiger partial charge on any atom is -0.461 e. The molecule has 1 aliphatic heterocycles. The predicted molar refractivity (Wildman–Crippen MR) is 63.1 cm³/mol. The van der Waals surface area contributed by atoms with Crippen LogP contribution in [-0.4, -0.2) is 17.4 Å². The van der Waals surface area contributed by atoms with Crippen molar-refractivity contribution < 1.29 is 9.53 Å². The van der Waals surface area contributed by atoms with Crippen LogP contribution in [0.15, 0.2) is 41.4 Å². The molecule has 1 amide bonds. The molecule has 1 aromatic rings. The van der Waals surface area contributed by atoms with Crippen LogP contribution < -0.4 is 0 Å². The van der Waals surface area contributed by atoms with Crippen LogP contribution in [0.4, 0.5) is 0 Å². The van der Waals surface area contributed by atoms with Gasteiger partial charge in [0.15, 0.2) is 5.60 Å². The Morgan fingerprint density at radius 3 is 2.44 bits per heavy atom. The summed E-state index contributed by atoms with van der Waals surface area (Å²) in [7, 11) is 0. The average molecular weight is 215 g/mol. The van der Waals surface area contributed by atoms with Gasteiger partial charge >= 0.3 is 0 Å². The maximum absolute atomic E-state index is 11.4. The standard InChI is InChI=1S/C13H13NO2/c1-13(2)12(15)14-11(16-13)9-8-10-6-4-3-5-7-10/h3-9H,1-2H3. The third-order valence-electron chi connectivity index (χ3n) is 2.30. The Balaban J connectivity index is 2.11. The molecule has 82 valence electrons. The molecule has 1 heterocycles. The molecule has 16 heavy (non-hydrogen) atoms. The lowest BCUT2D eigenvalue weighted by Gasteiger charge is -2.13. The first-order valence-corrected chi connectivity index (χ1v) is 5.13. The fourth-order valence-electron chi connectivity index (χ4n) is 1.37. The number of ether oxygens (including phenoxy) is 1. The summed E-state index contributed by atoms with van der Waals surface area (Å²) in [5.41, 5.74) is 0.224. The number of rotatable bonds is 2. The van der Waals surface area contributed by atoms with Crippen LogP contribution in [0, 0.1) is 0 Å². The van der Waals surface area contributed by atoms with Gasteiger partial charge in [-0.15, -0.1) is 0 Å². The van der Waals surface area contributed by atoms with Gasteiger partial charge in [0, 0.05) is 6.08 Å². The van der Waals surface area contributed by atoms with E-state index in [1.807, 2.05) is 36.4 Å². The van der Waals surface area contributed by atoms with E-state index in [2.05, 4.69) is 4.99 Å². The molecule has 0 radical (unpaired) electrons. The molecule has 0 aliphatic carbocycles. The maximum atomic E-state index is 11.4. The highest BCUT2D eigenvalue weighted by Crippen LogP contribution is 2.19. The number of benzene rings is 1. The van der Waals surface area contributed by atoms with Gasteiger partial charge in [-0.05, 0) is 25.5 Å². The van der Waals surface area contributed by atoms with Crippen molar-refractivity contribution in [2.75, 3.05) is 0 Å². The van der Waals surface area contributed by atoms with Crippen LogP contribution in [0.1, 0.15) is 19.4 Å². The molecule has 0 saturated carbocycles. The largest absolute Gasteiger partial charge is 0.461 e. The predicted octanol–water partition coefficient (Wildman–Crippen LogP) is 2.43. The number of carbonyl (C=O) groups excluding carboxylic acids is 1. The summed E-state index contributed by atoms with van der Waals surface area (Å²) in [6.45, 7) is 3.42. The van der Waals surface area contributed by atoms with Crippen LogP contribution >= 0.6 is 0 Å². The van der Waals surface area contributed by atoms with Gasteiger partial charge < -0.3 is 4.74 Å². The molecular formula is C13H13NO2. The Bertz CT molecular complexity index is 458. The highest BCUT2D eigenvalue weighted by Gasteiger charge is 2.36. The number of hydrogen-bond donors (Lipinski definition) is 0. The molecular weight excluding hydrogens is 202 g/mol. The molecule has 0 atom stereocenters. The van der Waals surface area contributed by atoms with E-state index in [1.165, 1.54) is 0 Å². The van der Waals surface area contributed by atoms with Crippen molar-refractivity contribution in [3.63, 3.8) is 0 Å². The highest BCUT2D eigenvalue weighted by molar-refractivity contribution is 6.07. The van der Waals surface area contributed by atoms with Gasteiger partial charge in [0.05, 0.1) is 0 Å². The van der Waals surface area contributed by atoms with E-state index in [1.54, 1.807) is 19.9 Å². The second-order valence-electron chi connectivity index (χ2n) is 4.11. The van der Waals surface area contributed by atoms with E-state index in [0.29, 0.717) is 5.90 Å². The Kier molecular flexibility index (Phi) is 2.60. The number of amides is 1. The zero-order chi connectivity index (χ0) is 11.6. The summed E-state index contributed by atoms with van der Waals surface area (Å²) in [4.78, 5) is 15.2. The van der Waals surface area contributed by atoms with Crippen molar-refractivity contribution in [1.29, 1.82) is 0 Å². The summed E-state index contributed by atoms with van der Waals surface area (Å²) in [5, 5.41) is 0. The quantitative estimate of drug-likeness (QED) is 0.760. The smallest absolute Gasteiger partial charge is 0.292 e. The Morgan fingerprint density at radius 1 is 1.19 bits per heavy atom. The SMILES string of the molecule is CC1(C)OC(C=Cc2ccccc2)=NC1=O. The van der Waals surface area contributed by atoms with Gasteiger partial charge in [-0.3, -0.25) is 4.79 Å². The molecule has 0 saturated heterocycles. The Hall–Kier alpha value is -1.90. The fourth-order valence-corrected chi connectivity index (χ4v) is 1.37. The van der Waals surface area contributed by atoms with Crippen LogP contribution in [0.3, 0.4) is 0 Å². The lowest BCUT2D eigenvalue weighted by Crippen LogP contribution is -2.28. The minimum atomic E-state index is -0.823. The van der Waals surface area contributed by atoms with Gasteiger partial charge in [0.2, 0.25) is 5.90 Å². The monoisotopic (exact) mass is 215 g/mol. The van der Waals surface area contributed by atoms with E-state index in [4.69, 9.17) is 4.74 Å². The van der Waals surface area contributed by atoms with Crippen LogP contribution in [0.25, 0.3) is 6.08 Å². The molecule has 0 unspecified atom stereocenters. The third-order valence-corrected chi connectivity index (χ3v) is 2.30. The van der Waals surface area contributed by atoms with Crippen molar-refractivity contribution in [2.45, 2.75) is 19.4 Å². The van der Waals surface area contributed by atoms with Crippen molar-refractivity contribution >= 4 is 17.9 Å². The second kappa shape index (κ2) is 3.93. The van der Waals surface area contributed by atoms with Gasteiger partial charge in [-0.1, -0.05) is 30.3 Å². The van der Waals surface area contributed by atoms with Gasteiger partial charge in [-0.25, -0.2) is 0 Å². The van der Waals surface area contributed by atoms with Crippen molar-refractivity contribution in [3.05, 3.63) is 42.0 Å². The topological polar surface area (TPSA) is 38.7 Å². The molecule has 0 N–H and O–H groups in total. The first kappa shape index (κ1) is 10.6. The van der Waals surface area contributed by atoms with Crippen LogP contribution in [-0.2, 0) is 9.53 Å². The van der Waals surface area contributed by atoms with Gasteiger partial charge in [0.25, 0.3) is 5.91 Å². The maximum Gasteiger partial charge on any atom is 0.292 e. The summed E-state index contributed by atoms with van der Waals surface area (Å²) >= 11 is 0. The van der Waals surface area contributed by atoms with E-state index in [9.17, 15) is 4.79 Å². The van der Waals surface area contributed by atoms with Gasteiger partial charge in [-0.2, -0.15) is 4.99 Å². The van der Waals surface area contributed by atoms with Crippen LogP contribution in [0.5, 0.6) is 0 Å². The number of carbonyl (C=O) groups is 1. The van der Waals surface area contributed by atoms with E-state index >= 15 is 0 Å². The number of nitrogens with zero attached hydrogens (tertiary/aromatic N) is 1. The molecule has 0 aromatic heterocycles. The molecule has 0 fully saturated rings. The van der Waals surface area contributed by atoms with Crippen LogP contribution in [0.2, 0.25) is 0 Å². The van der Waals surface area contributed by atoms with E-state index in [-0.39, 0.29) is 5.91 Å². The molecule has 2 rings (SSSR count). The molecule has 0 spiro atoms. The molecule has 3 heteroatoms. The highest BCUT2D eigenvalue weighted by atomic mass is 16.5. The fraction of sp³-hybridized carbons (Fsp3) is 0.231. The summed E-state index contributed by atoms with van der Waals surface area (Å²) in [5.74, 6) is 0.138. The molecule has 0 bridgehead atoms. The van der Waals surface area contributed by atoms with Crippen molar-refractivity contribution in [2.24, 2.45) is 4.99 Å². The first-order valence-electron chi connectivity index (χ1n) is 5.13.